The van der Waals surface area contributed by atoms with Crippen LogP contribution in [0.2, 0.25) is 0 Å². The van der Waals surface area contributed by atoms with Crippen molar-refractivity contribution in [3.8, 4) is 11.8 Å². The third-order valence-corrected chi connectivity index (χ3v) is 9.73. The molecule has 0 aliphatic heterocycles. The number of nitriles is 1. The van der Waals surface area contributed by atoms with Crippen molar-refractivity contribution >= 4 is 96.1 Å². The van der Waals surface area contributed by atoms with Gasteiger partial charge in [0.05, 0.1) is 19.2 Å². The molecule has 0 bridgehead atoms. The van der Waals surface area contributed by atoms with Gasteiger partial charge in [-0.15, -0.1) is 0 Å². The maximum atomic E-state index is 9.33. The summed E-state index contributed by atoms with van der Waals surface area (Å²) in [5.74, 6) is 0.883. The molecule has 0 N–H and O–H groups in total. The number of hydrogen-bond donors (Lipinski definition) is 0. The van der Waals surface area contributed by atoms with Crippen molar-refractivity contribution in [2.45, 2.75) is 6.92 Å². The van der Waals surface area contributed by atoms with E-state index >= 15 is 0 Å². The van der Waals surface area contributed by atoms with E-state index in [-0.39, 0.29) is 0 Å². The van der Waals surface area contributed by atoms with Gasteiger partial charge in [0, 0.05) is 19.4 Å². The number of anilines is 1. The molecule has 0 aliphatic carbocycles. The van der Waals surface area contributed by atoms with Crippen LogP contribution in [0, 0.1) is 25.6 Å². The van der Waals surface area contributed by atoms with Gasteiger partial charge in [0.15, 0.2) is 0 Å². The molecule has 0 atom stereocenters. The molecule has 0 saturated carbocycles. The Balaban J connectivity index is 2.14. The lowest BCUT2D eigenvalue weighted by Gasteiger charge is -2.23. The highest BCUT2D eigenvalue weighted by Gasteiger charge is 2.20. The minimum absolute atomic E-state index is 0.604. The van der Waals surface area contributed by atoms with Gasteiger partial charge in [-0.05, 0) is 109 Å². The standard InChI is InChI=1S/C17H14I4N2O/c1-2-23(11-6-4-3-5-7-11)8-9-24-17-15(20)13(18)12(10-22)14(19)16(17)21/h3-7H,2,8-9H2,1H3. The molecule has 24 heavy (non-hydrogen) atoms. The maximum absolute atomic E-state index is 9.33. The van der Waals surface area contributed by atoms with Gasteiger partial charge in [-0.3, -0.25) is 0 Å². The summed E-state index contributed by atoms with van der Waals surface area (Å²) >= 11 is 8.99. The molecule has 126 valence electrons. The summed E-state index contributed by atoms with van der Waals surface area (Å²) in [6.07, 6.45) is 0. The topological polar surface area (TPSA) is 36.3 Å². The van der Waals surface area contributed by atoms with Crippen molar-refractivity contribution in [2.75, 3.05) is 24.6 Å². The zero-order valence-electron chi connectivity index (χ0n) is 12.8. The zero-order valence-corrected chi connectivity index (χ0v) is 21.5. The monoisotopic (exact) mass is 770 g/mol. The van der Waals surface area contributed by atoms with Gasteiger partial charge in [0.2, 0.25) is 0 Å². The predicted molar refractivity (Wildman–Crippen MR) is 132 cm³/mol. The molecule has 2 aromatic rings. The zero-order chi connectivity index (χ0) is 17.7. The van der Waals surface area contributed by atoms with Crippen molar-refractivity contribution in [1.29, 1.82) is 5.26 Å². The highest BCUT2D eigenvalue weighted by Crippen LogP contribution is 2.37. The van der Waals surface area contributed by atoms with E-state index in [1.807, 2.05) is 6.07 Å². The van der Waals surface area contributed by atoms with E-state index < -0.39 is 0 Å². The first-order valence-corrected chi connectivity index (χ1v) is 11.5. The number of halogens is 4. The Labute approximate surface area is 197 Å². The SMILES string of the molecule is CCN(CCOc1c(I)c(I)c(C#N)c(I)c1I)c1ccccc1. The van der Waals surface area contributed by atoms with E-state index in [1.54, 1.807) is 0 Å². The van der Waals surface area contributed by atoms with Gasteiger partial charge in [-0.1, -0.05) is 18.2 Å². The largest absolute Gasteiger partial charge is 0.489 e. The van der Waals surface area contributed by atoms with E-state index in [9.17, 15) is 5.26 Å². The summed E-state index contributed by atoms with van der Waals surface area (Å²) in [6, 6.07) is 12.7. The fourth-order valence-corrected chi connectivity index (χ4v) is 5.90. The fraction of sp³-hybridized carbons (Fsp3) is 0.235. The van der Waals surface area contributed by atoms with Crippen LogP contribution < -0.4 is 9.64 Å². The smallest absolute Gasteiger partial charge is 0.148 e. The van der Waals surface area contributed by atoms with Gasteiger partial charge < -0.3 is 9.64 Å². The van der Waals surface area contributed by atoms with Gasteiger partial charge in [0.1, 0.15) is 18.4 Å². The Morgan fingerprint density at radius 1 is 1.00 bits per heavy atom. The summed E-state index contributed by atoms with van der Waals surface area (Å²) in [5, 5.41) is 9.33. The molecule has 0 unspecified atom stereocenters. The first kappa shape index (κ1) is 20.8. The van der Waals surface area contributed by atoms with Crippen LogP contribution in [0.3, 0.4) is 0 Å². The molecule has 2 rings (SSSR count). The van der Waals surface area contributed by atoms with Crippen LogP contribution in [0.15, 0.2) is 30.3 Å². The number of rotatable bonds is 6. The molecule has 2 aromatic carbocycles. The second-order valence-corrected chi connectivity index (χ2v) is 9.15. The van der Waals surface area contributed by atoms with Crippen LogP contribution in [0.5, 0.6) is 5.75 Å². The van der Waals surface area contributed by atoms with Gasteiger partial charge in [-0.25, -0.2) is 0 Å². The van der Waals surface area contributed by atoms with E-state index in [4.69, 9.17) is 4.74 Å². The van der Waals surface area contributed by atoms with Crippen LogP contribution in [0.25, 0.3) is 0 Å². The highest BCUT2D eigenvalue weighted by atomic mass is 127. The molecule has 0 aromatic heterocycles. The van der Waals surface area contributed by atoms with Crippen LogP contribution in [-0.2, 0) is 0 Å². The van der Waals surface area contributed by atoms with E-state index in [2.05, 4.69) is 133 Å². The van der Waals surface area contributed by atoms with E-state index in [1.165, 1.54) is 5.69 Å². The minimum atomic E-state index is 0.604. The van der Waals surface area contributed by atoms with Gasteiger partial charge >= 0.3 is 0 Å². The fourth-order valence-electron chi connectivity index (χ4n) is 2.20. The Morgan fingerprint density at radius 3 is 2.08 bits per heavy atom. The summed E-state index contributed by atoms with van der Waals surface area (Å²) in [6.45, 7) is 4.50. The second-order valence-electron chi connectivity index (χ2n) is 4.84. The first-order chi connectivity index (χ1) is 11.5. The summed E-state index contributed by atoms with van der Waals surface area (Å²) in [5.41, 5.74) is 1.94. The number of benzene rings is 2. The molecular formula is C17H14I4N2O. The Hall–Kier alpha value is 0.450. The van der Waals surface area contributed by atoms with Crippen LogP contribution in [0.4, 0.5) is 5.69 Å². The lowest BCUT2D eigenvalue weighted by molar-refractivity contribution is 0.319. The van der Waals surface area contributed by atoms with Crippen LogP contribution >= 0.6 is 90.4 Å². The molecule has 3 nitrogen and oxygen atoms in total. The second kappa shape index (κ2) is 9.96. The molecule has 0 radical (unpaired) electrons. The average molecular weight is 770 g/mol. The van der Waals surface area contributed by atoms with Gasteiger partial charge in [-0.2, -0.15) is 5.26 Å². The first-order valence-electron chi connectivity index (χ1n) is 7.20. The van der Waals surface area contributed by atoms with Gasteiger partial charge in [0.25, 0.3) is 0 Å². The Bertz CT molecular complexity index is 730. The number of para-hydroxylation sites is 1. The van der Waals surface area contributed by atoms with E-state index in [0.717, 1.165) is 38.7 Å². The molecule has 0 heterocycles. The summed E-state index contributed by atoms with van der Waals surface area (Å²) in [7, 11) is 0. The molecule has 0 saturated heterocycles. The van der Waals surface area contributed by atoms with Crippen LogP contribution in [0.1, 0.15) is 12.5 Å². The van der Waals surface area contributed by atoms with Crippen LogP contribution in [-0.4, -0.2) is 19.7 Å². The predicted octanol–water partition coefficient (Wildman–Crippen LogP) is 5.88. The lowest BCUT2D eigenvalue weighted by Crippen LogP contribution is -2.28. The highest BCUT2D eigenvalue weighted by molar-refractivity contribution is 14.1. The maximum Gasteiger partial charge on any atom is 0.148 e. The Kier molecular flexibility index (Phi) is 8.61. The van der Waals surface area contributed by atoms with Crippen molar-refractivity contribution in [2.24, 2.45) is 0 Å². The van der Waals surface area contributed by atoms with Crippen molar-refractivity contribution in [1.82, 2.24) is 0 Å². The Morgan fingerprint density at radius 2 is 1.58 bits per heavy atom. The van der Waals surface area contributed by atoms with Crippen molar-refractivity contribution in [3.63, 3.8) is 0 Å². The molecule has 0 amide bonds. The number of hydrogen-bond acceptors (Lipinski definition) is 3. The molecular weight excluding hydrogens is 756 g/mol. The third-order valence-electron chi connectivity index (χ3n) is 3.45. The average Bonchev–Trinajstić information content (AvgIpc) is 2.61. The number of likely N-dealkylation sites (N-methyl/N-ethyl adjacent to an activating group) is 1. The summed E-state index contributed by atoms with van der Waals surface area (Å²) < 4.78 is 10.1. The quantitative estimate of drug-likeness (QED) is 0.272. The molecule has 0 fully saturated rings. The van der Waals surface area contributed by atoms with E-state index in [0.29, 0.717) is 6.61 Å². The molecule has 0 spiro atoms. The molecule has 7 heteroatoms. The van der Waals surface area contributed by atoms with Crippen molar-refractivity contribution in [3.05, 3.63) is 50.2 Å². The minimum Gasteiger partial charge on any atom is -0.489 e. The summed E-state index contributed by atoms with van der Waals surface area (Å²) in [4.78, 5) is 2.29. The molecule has 0 aliphatic rings. The lowest BCUT2D eigenvalue weighted by atomic mass is 10.2. The number of nitrogens with zero attached hydrogens (tertiary/aromatic N) is 2. The number of ether oxygens (including phenoxy) is 1. The third kappa shape index (κ3) is 4.79. The van der Waals surface area contributed by atoms with Crippen molar-refractivity contribution < 1.29 is 4.74 Å². The normalized spacial score (nSPS) is 10.3.